The Balaban J connectivity index is 2.66. The molecule has 1 heterocycles. The molecular formula is C13H12N2O3. The molecule has 0 aliphatic heterocycles. The first-order valence-electron chi connectivity index (χ1n) is 5.40. The first-order chi connectivity index (χ1) is 8.49. The van der Waals surface area contributed by atoms with E-state index < -0.39 is 17.1 Å². The smallest absolute Gasteiger partial charge is 0.360 e. The number of aromatic nitrogens is 2. The number of benzene rings is 1. The Morgan fingerprint density at radius 1 is 1.33 bits per heavy atom. The quantitative estimate of drug-likeness (QED) is 0.869. The van der Waals surface area contributed by atoms with Gasteiger partial charge in [-0.25, -0.2) is 9.48 Å². The predicted octanol–water partition coefficient (Wildman–Crippen LogP) is 1.55. The van der Waals surface area contributed by atoms with Crippen molar-refractivity contribution in [1.29, 1.82) is 0 Å². The van der Waals surface area contributed by atoms with E-state index in [0.29, 0.717) is 5.56 Å². The van der Waals surface area contributed by atoms with Crippen molar-refractivity contribution >= 4 is 5.97 Å². The SMILES string of the molecule is Cc1cccc(-n2cc(C)c(=O)c(C(=O)O)n2)c1. The highest BCUT2D eigenvalue weighted by atomic mass is 16.4. The molecule has 1 aromatic heterocycles. The van der Waals surface area contributed by atoms with Gasteiger partial charge in [0.15, 0.2) is 0 Å². The highest BCUT2D eigenvalue weighted by Gasteiger charge is 2.14. The van der Waals surface area contributed by atoms with Crippen molar-refractivity contribution in [2.75, 3.05) is 0 Å². The lowest BCUT2D eigenvalue weighted by Crippen LogP contribution is -2.23. The average molecular weight is 244 g/mol. The summed E-state index contributed by atoms with van der Waals surface area (Å²) in [7, 11) is 0. The van der Waals surface area contributed by atoms with Crippen molar-refractivity contribution in [1.82, 2.24) is 9.78 Å². The molecule has 1 N–H and O–H groups in total. The molecule has 0 bridgehead atoms. The van der Waals surface area contributed by atoms with Crippen LogP contribution >= 0.6 is 0 Å². The van der Waals surface area contributed by atoms with E-state index in [1.807, 2.05) is 25.1 Å². The summed E-state index contributed by atoms with van der Waals surface area (Å²) < 4.78 is 1.41. The normalized spacial score (nSPS) is 10.3. The van der Waals surface area contributed by atoms with Gasteiger partial charge in [0.1, 0.15) is 0 Å². The Kier molecular flexibility index (Phi) is 2.97. The van der Waals surface area contributed by atoms with E-state index in [-0.39, 0.29) is 0 Å². The van der Waals surface area contributed by atoms with Gasteiger partial charge in [-0.15, -0.1) is 0 Å². The molecule has 0 aliphatic carbocycles. The molecule has 2 rings (SSSR count). The van der Waals surface area contributed by atoms with Crippen LogP contribution < -0.4 is 5.43 Å². The van der Waals surface area contributed by atoms with Crippen LogP contribution in [0, 0.1) is 13.8 Å². The minimum Gasteiger partial charge on any atom is -0.476 e. The van der Waals surface area contributed by atoms with Crippen LogP contribution in [0.3, 0.4) is 0 Å². The number of aromatic carboxylic acids is 1. The summed E-state index contributed by atoms with van der Waals surface area (Å²) >= 11 is 0. The van der Waals surface area contributed by atoms with Crippen LogP contribution in [0.25, 0.3) is 5.69 Å². The predicted molar refractivity (Wildman–Crippen MR) is 66.3 cm³/mol. The molecule has 0 saturated carbocycles. The van der Waals surface area contributed by atoms with Crippen molar-refractivity contribution in [3.05, 3.63) is 57.5 Å². The van der Waals surface area contributed by atoms with E-state index >= 15 is 0 Å². The Morgan fingerprint density at radius 2 is 2.06 bits per heavy atom. The zero-order valence-electron chi connectivity index (χ0n) is 10.0. The van der Waals surface area contributed by atoms with Gasteiger partial charge in [-0.05, 0) is 31.5 Å². The molecular weight excluding hydrogens is 232 g/mol. The molecule has 0 saturated heterocycles. The molecule has 18 heavy (non-hydrogen) atoms. The Hall–Kier alpha value is -2.43. The van der Waals surface area contributed by atoms with Gasteiger partial charge in [-0.2, -0.15) is 5.10 Å². The molecule has 0 spiro atoms. The second-order valence-electron chi connectivity index (χ2n) is 4.08. The fourth-order valence-electron chi connectivity index (χ4n) is 1.65. The monoisotopic (exact) mass is 244 g/mol. The fraction of sp³-hybridized carbons (Fsp3) is 0.154. The maximum absolute atomic E-state index is 11.6. The molecule has 92 valence electrons. The number of carboxylic acids is 1. The largest absolute Gasteiger partial charge is 0.476 e. The van der Waals surface area contributed by atoms with Gasteiger partial charge in [0.05, 0.1) is 5.69 Å². The van der Waals surface area contributed by atoms with Gasteiger partial charge in [-0.3, -0.25) is 4.79 Å². The third-order valence-corrected chi connectivity index (χ3v) is 2.57. The zero-order valence-corrected chi connectivity index (χ0v) is 10.0. The van der Waals surface area contributed by atoms with Crippen molar-refractivity contribution in [2.45, 2.75) is 13.8 Å². The number of carboxylic acid groups (broad SMARTS) is 1. The van der Waals surface area contributed by atoms with E-state index in [9.17, 15) is 9.59 Å². The Labute approximate surface area is 103 Å². The fourth-order valence-corrected chi connectivity index (χ4v) is 1.65. The number of hydrogen-bond acceptors (Lipinski definition) is 3. The molecule has 0 unspecified atom stereocenters. The van der Waals surface area contributed by atoms with Gasteiger partial charge in [0, 0.05) is 11.8 Å². The van der Waals surface area contributed by atoms with Crippen LogP contribution in [0.5, 0.6) is 0 Å². The van der Waals surface area contributed by atoms with Crippen molar-refractivity contribution in [2.24, 2.45) is 0 Å². The topological polar surface area (TPSA) is 72.2 Å². The van der Waals surface area contributed by atoms with E-state index in [2.05, 4.69) is 5.10 Å². The summed E-state index contributed by atoms with van der Waals surface area (Å²) in [6.45, 7) is 3.50. The molecule has 5 heteroatoms. The minimum atomic E-state index is -1.31. The number of rotatable bonds is 2. The molecule has 0 radical (unpaired) electrons. The van der Waals surface area contributed by atoms with Crippen LogP contribution in [0.2, 0.25) is 0 Å². The number of carbonyl (C=O) groups is 1. The standard InChI is InChI=1S/C13H12N2O3/c1-8-4-3-5-10(6-8)15-7-9(2)12(16)11(14-15)13(17)18/h3-7H,1-2H3,(H,17,18). The molecule has 2 aromatic rings. The van der Waals surface area contributed by atoms with E-state index in [1.54, 1.807) is 13.0 Å². The number of nitrogens with zero attached hydrogens (tertiary/aromatic N) is 2. The summed E-state index contributed by atoms with van der Waals surface area (Å²) in [5, 5.41) is 12.8. The second-order valence-corrected chi connectivity index (χ2v) is 4.08. The molecule has 1 aromatic carbocycles. The minimum absolute atomic E-state index is 0.351. The lowest BCUT2D eigenvalue weighted by Gasteiger charge is -2.08. The summed E-state index contributed by atoms with van der Waals surface area (Å²) in [5.41, 5.74) is 1.09. The first-order valence-corrected chi connectivity index (χ1v) is 5.40. The number of hydrogen-bond donors (Lipinski definition) is 1. The van der Waals surface area contributed by atoms with Gasteiger partial charge in [0.25, 0.3) is 0 Å². The van der Waals surface area contributed by atoms with Crippen LogP contribution in [-0.2, 0) is 0 Å². The lowest BCUT2D eigenvalue weighted by molar-refractivity contribution is 0.0686. The molecule has 5 nitrogen and oxygen atoms in total. The van der Waals surface area contributed by atoms with Crippen molar-refractivity contribution < 1.29 is 9.90 Å². The maximum Gasteiger partial charge on any atom is 0.360 e. The second kappa shape index (κ2) is 4.44. The van der Waals surface area contributed by atoms with E-state index in [4.69, 9.17) is 5.11 Å². The van der Waals surface area contributed by atoms with Crippen molar-refractivity contribution in [3.63, 3.8) is 0 Å². The number of aryl methyl sites for hydroxylation is 2. The van der Waals surface area contributed by atoms with Gasteiger partial charge >= 0.3 is 5.97 Å². The molecule has 0 amide bonds. The third kappa shape index (κ3) is 2.15. The summed E-state index contributed by atoms with van der Waals surface area (Å²) in [6, 6.07) is 7.44. The molecule has 0 fully saturated rings. The summed E-state index contributed by atoms with van der Waals surface area (Å²) in [6.07, 6.45) is 1.53. The van der Waals surface area contributed by atoms with Crippen LogP contribution in [-0.4, -0.2) is 20.9 Å². The third-order valence-electron chi connectivity index (χ3n) is 2.57. The lowest BCUT2D eigenvalue weighted by atomic mass is 10.2. The summed E-state index contributed by atoms with van der Waals surface area (Å²) in [4.78, 5) is 22.6. The van der Waals surface area contributed by atoms with Gasteiger partial charge in [0.2, 0.25) is 11.1 Å². The highest BCUT2D eigenvalue weighted by Crippen LogP contribution is 2.09. The first kappa shape index (κ1) is 12.0. The van der Waals surface area contributed by atoms with E-state index in [0.717, 1.165) is 11.3 Å². The average Bonchev–Trinajstić information content (AvgIpc) is 2.32. The molecule has 0 atom stereocenters. The Bertz CT molecular complexity index is 674. The maximum atomic E-state index is 11.6. The summed E-state index contributed by atoms with van der Waals surface area (Å²) in [5.74, 6) is -1.31. The van der Waals surface area contributed by atoms with Crippen molar-refractivity contribution in [3.8, 4) is 5.69 Å². The molecule has 0 aliphatic rings. The van der Waals surface area contributed by atoms with E-state index in [1.165, 1.54) is 10.9 Å². The zero-order chi connectivity index (χ0) is 13.3. The van der Waals surface area contributed by atoms with Gasteiger partial charge < -0.3 is 5.11 Å². The van der Waals surface area contributed by atoms with Crippen LogP contribution in [0.15, 0.2) is 35.3 Å². The highest BCUT2D eigenvalue weighted by molar-refractivity contribution is 5.85. The van der Waals surface area contributed by atoms with Crippen LogP contribution in [0.1, 0.15) is 21.6 Å². The Morgan fingerprint density at radius 3 is 2.67 bits per heavy atom. The van der Waals surface area contributed by atoms with Crippen LogP contribution in [0.4, 0.5) is 0 Å². The van der Waals surface area contributed by atoms with Gasteiger partial charge in [-0.1, -0.05) is 12.1 Å².